The van der Waals surface area contributed by atoms with Crippen molar-refractivity contribution >= 4 is 21.6 Å². The zero-order valence-corrected chi connectivity index (χ0v) is 13.8. The van der Waals surface area contributed by atoms with E-state index in [2.05, 4.69) is 4.72 Å². The number of hydrogen-bond acceptors (Lipinski definition) is 3. The van der Waals surface area contributed by atoms with E-state index in [0.717, 1.165) is 0 Å². The third-order valence-corrected chi connectivity index (χ3v) is 5.05. The summed E-state index contributed by atoms with van der Waals surface area (Å²) in [6.07, 6.45) is 0.370. The Morgan fingerprint density at radius 1 is 1.35 bits per heavy atom. The molecule has 0 saturated carbocycles. The van der Waals surface area contributed by atoms with Crippen molar-refractivity contribution < 1.29 is 13.5 Å². The highest BCUT2D eigenvalue weighted by Crippen LogP contribution is 2.25. The number of benzene rings is 1. The average molecular weight is 320 g/mol. The molecule has 0 aromatic heterocycles. The maximum absolute atomic E-state index is 12.5. The number of aryl methyl sites for hydroxylation is 1. The van der Waals surface area contributed by atoms with E-state index in [1.165, 1.54) is 6.07 Å². The Kier molecular flexibility index (Phi) is 5.61. The van der Waals surface area contributed by atoms with Crippen LogP contribution in [0.2, 0.25) is 5.02 Å². The van der Waals surface area contributed by atoms with Crippen LogP contribution in [0.5, 0.6) is 0 Å². The van der Waals surface area contributed by atoms with Crippen LogP contribution in [0.1, 0.15) is 32.8 Å². The van der Waals surface area contributed by atoms with Crippen molar-refractivity contribution in [2.24, 2.45) is 5.41 Å². The van der Waals surface area contributed by atoms with E-state index in [0.29, 0.717) is 17.0 Å². The molecule has 0 radical (unpaired) electrons. The number of nitrogens with one attached hydrogen (secondary N) is 1. The van der Waals surface area contributed by atoms with E-state index in [1.807, 2.05) is 20.8 Å². The van der Waals surface area contributed by atoms with E-state index >= 15 is 0 Å². The lowest BCUT2D eigenvalue weighted by Crippen LogP contribution is -2.44. The molecule has 20 heavy (non-hydrogen) atoms. The number of halogens is 1. The fraction of sp³-hybridized carbons (Fsp3) is 0.571. The van der Waals surface area contributed by atoms with Crippen LogP contribution < -0.4 is 4.72 Å². The topological polar surface area (TPSA) is 66.4 Å². The van der Waals surface area contributed by atoms with Crippen LogP contribution >= 0.6 is 11.6 Å². The summed E-state index contributed by atoms with van der Waals surface area (Å²) in [5.74, 6) is 0. The van der Waals surface area contributed by atoms with Gasteiger partial charge < -0.3 is 5.11 Å². The predicted molar refractivity (Wildman–Crippen MR) is 81.5 cm³/mol. The summed E-state index contributed by atoms with van der Waals surface area (Å²) in [6.45, 7) is 7.45. The Morgan fingerprint density at radius 2 is 1.95 bits per heavy atom. The number of aliphatic hydroxyl groups excluding tert-OH is 1. The molecule has 0 fully saturated rings. The predicted octanol–water partition coefficient (Wildman–Crippen LogP) is 2.72. The van der Waals surface area contributed by atoms with Crippen LogP contribution in [0.15, 0.2) is 23.1 Å². The Hall–Kier alpha value is -0.620. The molecule has 0 saturated heterocycles. The molecular weight excluding hydrogens is 298 g/mol. The van der Waals surface area contributed by atoms with Crippen molar-refractivity contribution in [1.82, 2.24) is 4.72 Å². The molecule has 0 bridgehead atoms. The molecule has 0 spiro atoms. The van der Waals surface area contributed by atoms with Crippen LogP contribution in [0.25, 0.3) is 0 Å². The first-order valence-electron chi connectivity index (χ1n) is 6.47. The van der Waals surface area contributed by atoms with E-state index in [9.17, 15) is 8.42 Å². The SMILES string of the molecule is Cc1cc(Cl)ccc1S(=O)(=O)NC(CCO)C(C)(C)C. The summed E-state index contributed by atoms with van der Waals surface area (Å²) in [5, 5.41) is 9.61. The summed E-state index contributed by atoms with van der Waals surface area (Å²) < 4.78 is 27.6. The van der Waals surface area contributed by atoms with Crippen molar-refractivity contribution in [3.05, 3.63) is 28.8 Å². The van der Waals surface area contributed by atoms with Gasteiger partial charge >= 0.3 is 0 Å². The van der Waals surface area contributed by atoms with E-state index in [1.54, 1.807) is 19.1 Å². The zero-order valence-electron chi connectivity index (χ0n) is 12.3. The van der Waals surface area contributed by atoms with Crippen molar-refractivity contribution in [2.45, 2.75) is 45.1 Å². The third-order valence-electron chi connectivity index (χ3n) is 3.19. The molecule has 0 aliphatic heterocycles. The van der Waals surface area contributed by atoms with E-state index in [4.69, 9.17) is 16.7 Å². The first-order chi connectivity index (χ1) is 9.08. The fourth-order valence-corrected chi connectivity index (χ4v) is 3.89. The molecule has 0 aliphatic carbocycles. The normalized spacial score (nSPS) is 14.3. The molecule has 0 amide bonds. The van der Waals surface area contributed by atoms with Gasteiger partial charge in [0.1, 0.15) is 0 Å². The number of rotatable bonds is 5. The van der Waals surface area contributed by atoms with Gasteiger partial charge in [-0.1, -0.05) is 32.4 Å². The standard InChI is InChI=1S/C14H22ClNO3S/c1-10-9-11(15)5-6-12(10)20(18,19)16-13(7-8-17)14(2,3)4/h5-6,9,13,16-17H,7-8H2,1-4H3. The quantitative estimate of drug-likeness (QED) is 0.877. The highest BCUT2D eigenvalue weighted by atomic mass is 35.5. The molecule has 114 valence electrons. The van der Waals surface area contributed by atoms with Crippen LogP contribution in [0, 0.1) is 12.3 Å². The van der Waals surface area contributed by atoms with Gasteiger partial charge in [-0.05, 0) is 42.5 Å². The van der Waals surface area contributed by atoms with Gasteiger partial charge in [-0.25, -0.2) is 13.1 Å². The fourth-order valence-electron chi connectivity index (χ4n) is 1.96. The smallest absolute Gasteiger partial charge is 0.241 e. The second kappa shape index (κ2) is 6.43. The summed E-state index contributed by atoms with van der Waals surface area (Å²) in [4.78, 5) is 0.217. The first-order valence-corrected chi connectivity index (χ1v) is 8.33. The molecule has 0 aliphatic rings. The monoisotopic (exact) mass is 319 g/mol. The highest BCUT2D eigenvalue weighted by Gasteiger charge is 2.29. The van der Waals surface area contributed by atoms with Crippen molar-refractivity contribution in [3.63, 3.8) is 0 Å². The number of hydrogen-bond donors (Lipinski definition) is 2. The molecular formula is C14H22ClNO3S. The second-order valence-electron chi connectivity index (χ2n) is 5.96. The molecule has 1 aromatic rings. The molecule has 2 N–H and O–H groups in total. The minimum atomic E-state index is -3.63. The maximum atomic E-state index is 12.5. The Bertz CT molecular complexity index is 564. The molecule has 1 atom stereocenters. The van der Waals surface area contributed by atoms with Gasteiger partial charge in [0.05, 0.1) is 4.90 Å². The lowest BCUT2D eigenvalue weighted by atomic mass is 9.86. The van der Waals surface area contributed by atoms with Crippen LogP contribution in [0.3, 0.4) is 0 Å². The Balaban J connectivity index is 3.10. The van der Waals surface area contributed by atoms with E-state index in [-0.39, 0.29) is 23.0 Å². The summed E-state index contributed by atoms with van der Waals surface area (Å²) in [5.41, 5.74) is 0.317. The molecule has 4 nitrogen and oxygen atoms in total. The van der Waals surface area contributed by atoms with E-state index < -0.39 is 10.0 Å². The highest BCUT2D eigenvalue weighted by molar-refractivity contribution is 7.89. The van der Waals surface area contributed by atoms with Crippen molar-refractivity contribution in [3.8, 4) is 0 Å². The van der Waals surface area contributed by atoms with Gasteiger partial charge in [-0.2, -0.15) is 0 Å². The molecule has 0 heterocycles. The number of aliphatic hydroxyl groups is 1. The summed E-state index contributed by atoms with van der Waals surface area (Å²) in [6, 6.07) is 4.33. The zero-order chi connectivity index (χ0) is 15.6. The van der Waals surface area contributed by atoms with Crippen LogP contribution in [-0.4, -0.2) is 26.2 Å². The largest absolute Gasteiger partial charge is 0.396 e. The van der Waals surface area contributed by atoms with Crippen molar-refractivity contribution in [2.75, 3.05) is 6.61 Å². The minimum Gasteiger partial charge on any atom is -0.396 e. The minimum absolute atomic E-state index is 0.0654. The third kappa shape index (κ3) is 4.45. The Morgan fingerprint density at radius 3 is 2.40 bits per heavy atom. The summed E-state index contributed by atoms with van der Waals surface area (Å²) in [7, 11) is -3.63. The first kappa shape index (κ1) is 17.4. The summed E-state index contributed by atoms with van der Waals surface area (Å²) >= 11 is 5.85. The maximum Gasteiger partial charge on any atom is 0.241 e. The van der Waals surface area contributed by atoms with Gasteiger partial charge in [0.25, 0.3) is 0 Å². The number of sulfonamides is 1. The van der Waals surface area contributed by atoms with Crippen LogP contribution in [0.4, 0.5) is 0 Å². The van der Waals surface area contributed by atoms with Crippen molar-refractivity contribution in [1.29, 1.82) is 0 Å². The average Bonchev–Trinajstić information content (AvgIpc) is 2.26. The van der Waals surface area contributed by atoms with Gasteiger partial charge in [0.2, 0.25) is 10.0 Å². The lowest BCUT2D eigenvalue weighted by Gasteiger charge is -2.31. The van der Waals surface area contributed by atoms with Gasteiger partial charge in [0, 0.05) is 17.7 Å². The second-order valence-corrected chi connectivity index (χ2v) is 8.08. The molecule has 1 aromatic carbocycles. The molecule has 1 rings (SSSR count). The van der Waals surface area contributed by atoms with Gasteiger partial charge in [-0.3, -0.25) is 0 Å². The Labute approximate surface area is 126 Å². The molecule has 6 heteroatoms. The van der Waals surface area contributed by atoms with Gasteiger partial charge in [0.15, 0.2) is 0 Å². The molecule has 1 unspecified atom stereocenters. The van der Waals surface area contributed by atoms with Gasteiger partial charge in [-0.15, -0.1) is 0 Å². The van der Waals surface area contributed by atoms with Crippen LogP contribution in [-0.2, 0) is 10.0 Å². The lowest BCUT2D eigenvalue weighted by molar-refractivity contribution is 0.214.